The summed E-state index contributed by atoms with van der Waals surface area (Å²) in [6.07, 6.45) is 1.30. The summed E-state index contributed by atoms with van der Waals surface area (Å²) in [5.74, 6) is -1.05. The Hall–Kier alpha value is -1.85. The van der Waals surface area contributed by atoms with Crippen LogP contribution in [0.4, 0.5) is 0 Å². The number of ether oxygens (including phenoxy) is 1. The highest BCUT2D eigenvalue weighted by Crippen LogP contribution is 2.22. The number of carbonyl (C=O) groups is 1. The number of aromatic carboxylic acids is 1. The minimum absolute atomic E-state index is 0.0149. The molecule has 5 nitrogen and oxygen atoms in total. The maximum atomic E-state index is 10.9. The van der Waals surface area contributed by atoms with Crippen LogP contribution >= 0.6 is 0 Å². The molecular formula is C16H19NO4. The Morgan fingerprint density at radius 3 is 3.10 bits per heavy atom. The Morgan fingerprint density at radius 1 is 1.43 bits per heavy atom. The molecule has 1 aromatic heterocycles. The topological polar surface area (TPSA) is 62.9 Å². The van der Waals surface area contributed by atoms with Crippen molar-refractivity contribution >= 4 is 16.9 Å². The summed E-state index contributed by atoms with van der Waals surface area (Å²) < 4.78 is 10.9. The van der Waals surface area contributed by atoms with Crippen LogP contribution in [0.5, 0.6) is 0 Å². The predicted octanol–water partition coefficient (Wildman–Crippen LogP) is 2.74. The molecule has 5 heteroatoms. The SMILES string of the molecule is CC1CN(Cc2ccc3oc(C(=O)O)cc3c2)CCCO1. The molecule has 1 saturated heterocycles. The smallest absolute Gasteiger partial charge is 0.371 e. The number of fused-ring (bicyclic) bond motifs is 1. The van der Waals surface area contributed by atoms with E-state index in [9.17, 15) is 4.79 Å². The number of carboxylic acid groups (broad SMARTS) is 1. The highest BCUT2D eigenvalue weighted by molar-refractivity contribution is 5.91. The van der Waals surface area contributed by atoms with Gasteiger partial charge in [-0.25, -0.2) is 4.79 Å². The molecule has 0 bridgehead atoms. The molecule has 0 spiro atoms. The Bertz CT molecular complexity index is 649. The Balaban J connectivity index is 1.78. The van der Waals surface area contributed by atoms with E-state index in [-0.39, 0.29) is 11.9 Å². The van der Waals surface area contributed by atoms with Crippen molar-refractivity contribution in [2.75, 3.05) is 19.7 Å². The Labute approximate surface area is 123 Å². The lowest BCUT2D eigenvalue weighted by Gasteiger charge is -2.21. The largest absolute Gasteiger partial charge is 0.475 e. The third-order valence-corrected chi connectivity index (χ3v) is 3.73. The summed E-state index contributed by atoms with van der Waals surface area (Å²) in [4.78, 5) is 13.3. The number of furan rings is 1. The molecule has 1 aliphatic heterocycles. The van der Waals surface area contributed by atoms with Gasteiger partial charge in [-0.2, -0.15) is 0 Å². The zero-order valence-corrected chi connectivity index (χ0v) is 12.0. The van der Waals surface area contributed by atoms with Gasteiger partial charge in [0.15, 0.2) is 0 Å². The molecule has 1 fully saturated rings. The molecule has 3 rings (SSSR count). The first-order valence-electron chi connectivity index (χ1n) is 7.21. The van der Waals surface area contributed by atoms with Gasteiger partial charge in [-0.1, -0.05) is 6.07 Å². The standard InChI is InChI=1S/C16H19NO4/c1-11-9-17(5-2-6-20-11)10-12-3-4-14-13(7-12)8-15(21-14)16(18)19/h3-4,7-8,11H,2,5-6,9-10H2,1H3,(H,18,19). The third kappa shape index (κ3) is 3.25. The summed E-state index contributed by atoms with van der Waals surface area (Å²) >= 11 is 0. The highest BCUT2D eigenvalue weighted by atomic mass is 16.5. The van der Waals surface area contributed by atoms with E-state index in [4.69, 9.17) is 14.3 Å². The van der Waals surface area contributed by atoms with Crippen molar-refractivity contribution in [1.29, 1.82) is 0 Å². The lowest BCUT2D eigenvalue weighted by Crippen LogP contribution is -2.29. The van der Waals surface area contributed by atoms with Gasteiger partial charge in [-0.3, -0.25) is 4.90 Å². The van der Waals surface area contributed by atoms with Crippen molar-refractivity contribution in [2.45, 2.75) is 26.0 Å². The lowest BCUT2D eigenvalue weighted by molar-refractivity contribution is 0.0662. The second kappa shape index (κ2) is 5.87. The lowest BCUT2D eigenvalue weighted by atomic mass is 10.1. The molecule has 0 amide bonds. The van der Waals surface area contributed by atoms with Gasteiger partial charge in [-0.05, 0) is 37.1 Å². The molecule has 1 aromatic carbocycles. The number of nitrogens with zero attached hydrogens (tertiary/aromatic N) is 1. The van der Waals surface area contributed by atoms with E-state index in [0.717, 1.165) is 43.6 Å². The molecule has 0 saturated carbocycles. The van der Waals surface area contributed by atoms with Gasteiger partial charge < -0.3 is 14.3 Å². The van der Waals surface area contributed by atoms with Gasteiger partial charge in [0.05, 0.1) is 6.10 Å². The van der Waals surface area contributed by atoms with Crippen LogP contribution in [-0.2, 0) is 11.3 Å². The summed E-state index contributed by atoms with van der Waals surface area (Å²) in [7, 11) is 0. The van der Waals surface area contributed by atoms with Gasteiger partial charge in [0.2, 0.25) is 5.76 Å². The Morgan fingerprint density at radius 2 is 2.29 bits per heavy atom. The number of hydrogen-bond acceptors (Lipinski definition) is 4. The molecule has 1 aliphatic rings. The summed E-state index contributed by atoms with van der Waals surface area (Å²) in [5.41, 5.74) is 1.78. The predicted molar refractivity (Wildman–Crippen MR) is 78.5 cm³/mol. The first-order chi connectivity index (χ1) is 10.1. The highest BCUT2D eigenvalue weighted by Gasteiger charge is 2.16. The molecule has 1 N–H and O–H groups in total. The van der Waals surface area contributed by atoms with E-state index in [1.165, 1.54) is 0 Å². The summed E-state index contributed by atoms with van der Waals surface area (Å²) in [6.45, 7) is 5.70. The van der Waals surface area contributed by atoms with Crippen LogP contribution in [0.15, 0.2) is 28.7 Å². The number of hydrogen-bond donors (Lipinski definition) is 1. The molecule has 2 heterocycles. The van der Waals surface area contributed by atoms with Gasteiger partial charge >= 0.3 is 5.97 Å². The van der Waals surface area contributed by atoms with E-state index < -0.39 is 5.97 Å². The second-order valence-corrected chi connectivity index (χ2v) is 5.56. The van der Waals surface area contributed by atoms with E-state index >= 15 is 0 Å². The van der Waals surface area contributed by atoms with Crippen molar-refractivity contribution in [3.05, 3.63) is 35.6 Å². The quantitative estimate of drug-likeness (QED) is 0.941. The maximum Gasteiger partial charge on any atom is 0.371 e. The van der Waals surface area contributed by atoms with E-state index in [2.05, 4.69) is 11.8 Å². The van der Waals surface area contributed by atoms with Crippen LogP contribution in [0.25, 0.3) is 11.0 Å². The number of benzene rings is 1. The minimum Gasteiger partial charge on any atom is -0.475 e. The number of rotatable bonds is 3. The fraction of sp³-hybridized carbons (Fsp3) is 0.438. The zero-order valence-electron chi connectivity index (χ0n) is 12.0. The molecule has 0 radical (unpaired) electrons. The van der Waals surface area contributed by atoms with Crippen LogP contribution < -0.4 is 0 Å². The van der Waals surface area contributed by atoms with E-state index in [1.54, 1.807) is 6.07 Å². The van der Waals surface area contributed by atoms with Crippen LogP contribution in [0.3, 0.4) is 0 Å². The average molecular weight is 289 g/mol. The van der Waals surface area contributed by atoms with Crippen molar-refractivity contribution in [1.82, 2.24) is 4.90 Å². The first-order valence-corrected chi connectivity index (χ1v) is 7.21. The van der Waals surface area contributed by atoms with Crippen molar-refractivity contribution < 1.29 is 19.1 Å². The third-order valence-electron chi connectivity index (χ3n) is 3.73. The zero-order chi connectivity index (χ0) is 14.8. The van der Waals surface area contributed by atoms with E-state index in [0.29, 0.717) is 5.58 Å². The van der Waals surface area contributed by atoms with Crippen molar-refractivity contribution in [3.63, 3.8) is 0 Å². The van der Waals surface area contributed by atoms with Crippen LogP contribution in [0.1, 0.15) is 29.5 Å². The first kappa shape index (κ1) is 14.1. The van der Waals surface area contributed by atoms with Gasteiger partial charge in [0.25, 0.3) is 0 Å². The van der Waals surface area contributed by atoms with Crippen LogP contribution in [-0.4, -0.2) is 41.8 Å². The monoisotopic (exact) mass is 289 g/mol. The Kier molecular flexibility index (Phi) is 3.94. The van der Waals surface area contributed by atoms with Crippen molar-refractivity contribution in [3.8, 4) is 0 Å². The number of carboxylic acids is 1. The van der Waals surface area contributed by atoms with Crippen LogP contribution in [0.2, 0.25) is 0 Å². The van der Waals surface area contributed by atoms with E-state index in [1.807, 2.05) is 18.2 Å². The molecule has 1 atom stereocenters. The van der Waals surface area contributed by atoms with Crippen molar-refractivity contribution in [2.24, 2.45) is 0 Å². The van der Waals surface area contributed by atoms with Gasteiger partial charge in [0, 0.05) is 31.6 Å². The molecule has 2 aromatic rings. The molecule has 0 aliphatic carbocycles. The maximum absolute atomic E-state index is 10.9. The fourth-order valence-corrected chi connectivity index (χ4v) is 2.78. The minimum atomic E-state index is -1.04. The average Bonchev–Trinajstić information content (AvgIpc) is 2.76. The molecule has 112 valence electrons. The summed E-state index contributed by atoms with van der Waals surface area (Å²) in [5, 5.41) is 9.80. The van der Waals surface area contributed by atoms with Gasteiger partial charge in [0.1, 0.15) is 5.58 Å². The second-order valence-electron chi connectivity index (χ2n) is 5.56. The van der Waals surface area contributed by atoms with Gasteiger partial charge in [-0.15, -0.1) is 0 Å². The molecule has 1 unspecified atom stereocenters. The molecule has 21 heavy (non-hydrogen) atoms. The summed E-state index contributed by atoms with van der Waals surface area (Å²) in [6, 6.07) is 7.42. The fourth-order valence-electron chi connectivity index (χ4n) is 2.78. The molecular weight excluding hydrogens is 270 g/mol. The van der Waals surface area contributed by atoms with Crippen LogP contribution in [0, 0.1) is 0 Å². The normalized spacial score (nSPS) is 20.5.